The minimum atomic E-state index is -1.32. The first-order chi connectivity index (χ1) is 20.3. The molecule has 0 aliphatic heterocycles. The van der Waals surface area contributed by atoms with Crippen molar-refractivity contribution in [3.63, 3.8) is 0 Å². The molecular formula is C33H25ClN2O5S. The van der Waals surface area contributed by atoms with Crippen LogP contribution in [-0.4, -0.2) is 15.5 Å². The second-order valence-corrected chi connectivity index (χ2v) is 12.4. The van der Waals surface area contributed by atoms with Gasteiger partial charge < -0.3 is 13.6 Å². The molecule has 2 aromatic heterocycles. The summed E-state index contributed by atoms with van der Waals surface area (Å²) in [7, 11) is 0. The van der Waals surface area contributed by atoms with Gasteiger partial charge in [0.15, 0.2) is 10.9 Å². The zero-order valence-corrected chi connectivity index (χ0v) is 24.4. The monoisotopic (exact) mass is 596 g/mol. The molecule has 0 spiro atoms. The van der Waals surface area contributed by atoms with Crippen molar-refractivity contribution in [2.45, 2.75) is 42.5 Å². The Labute approximate surface area is 250 Å². The summed E-state index contributed by atoms with van der Waals surface area (Å²) in [6.45, 7) is 3.25. The van der Waals surface area contributed by atoms with Crippen LogP contribution in [0.3, 0.4) is 0 Å². The third kappa shape index (κ3) is 4.61. The van der Waals surface area contributed by atoms with Crippen molar-refractivity contribution in [3.8, 4) is 11.6 Å². The zero-order valence-electron chi connectivity index (χ0n) is 22.8. The summed E-state index contributed by atoms with van der Waals surface area (Å²) in [6.07, 6.45) is 2.41. The summed E-state index contributed by atoms with van der Waals surface area (Å²) in [6, 6.07) is 27.7. The Morgan fingerprint density at radius 3 is 2.40 bits per heavy atom. The van der Waals surface area contributed by atoms with Crippen molar-refractivity contribution in [2.24, 2.45) is 0 Å². The number of fused-ring (bicyclic) bond motifs is 2. The normalized spacial score (nSPS) is 14.7. The second-order valence-electron chi connectivity index (χ2n) is 10.5. The van der Waals surface area contributed by atoms with E-state index in [-0.39, 0.29) is 11.7 Å². The van der Waals surface area contributed by atoms with Gasteiger partial charge >= 0.3 is 17.7 Å². The molecule has 42 heavy (non-hydrogen) atoms. The van der Waals surface area contributed by atoms with Crippen LogP contribution in [-0.2, 0) is 9.54 Å². The fraction of sp³-hybridized carbons (Fsp3) is 0.182. The number of nitrogens with zero attached hydrogens (tertiary/aromatic N) is 2. The first-order valence-corrected chi connectivity index (χ1v) is 14.8. The molecule has 6 aromatic rings. The Hall–Kier alpha value is -4.27. The fourth-order valence-corrected chi connectivity index (χ4v) is 6.64. The van der Waals surface area contributed by atoms with E-state index in [1.54, 1.807) is 31.2 Å². The highest BCUT2D eigenvalue weighted by Gasteiger charge is 2.42. The maximum absolute atomic E-state index is 14.0. The van der Waals surface area contributed by atoms with Crippen LogP contribution in [0.2, 0.25) is 5.02 Å². The molecule has 1 saturated carbocycles. The molecule has 4 aromatic carbocycles. The van der Waals surface area contributed by atoms with Gasteiger partial charge in [0.05, 0.1) is 16.7 Å². The number of halogens is 1. The number of imidazole rings is 1. The lowest BCUT2D eigenvalue weighted by atomic mass is 9.99. The lowest BCUT2D eigenvalue weighted by Crippen LogP contribution is -2.33. The van der Waals surface area contributed by atoms with Crippen molar-refractivity contribution in [3.05, 3.63) is 117 Å². The summed E-state index contributed by atoms with van der Waals surface area (Å²) < 4.78 is 16.3. The van der Waals surface area contributed by atoms with Crippen molar-refractivity contribution < 1.29 is 18.4 Å². The molecule has 7 nitrogen and oxygen atoms in total. The first kappa shape index (κ1) is 26.6. The van der Waals surface area contributed by atoms with Crippen molar-refractivity contribution >= 4 is 51.1 Å². The van der Waals surface area contributed by atoms with E-state index in [4.69, 9.17) is 30.2 Å². The predicted molar refractivity (Wildman–Crippen MR) is 163 cm³/mol. The molecule has 9 heteroatoms. The smallest absolute Gasteiger partial charge is 0.392 e. The van der Waals surface area contributed by atoms with Gasteiger partial charge in [-0.3, -0.25) is 4.57 Å². The Morgan fingerprint density at radius 1 is 0.976 bits per heavy atom. The highest BCUT2D eigenvalue weighted by Crippen LogP contribution is 2.47. The minimum Gasteiger partial charge on any atom is -0.392 e. The Kier molecular flexibility index (Phi) is 6.48. The number of para-hydroxylation sites is 2. The molecule has 1 fully saturated rings. The van der Waals surface area contributed by atoms with Crippen LogP contribution in [0.5, 0.6) is 5.95 Å². The fourth-order valence-electron chi connectivity index (χ4n) is 5.34. The SMILES string of the molecule is Cc1oc(=O)oc1OC(=O)C(C)(Sc1nc2ccccc2n1-c1ccc(C2CC2)c2ccccc12)c1ccc(Cl)cc1. The van der Waals surface area contributed by atoms with Crippen LogP contribution in [0.1, 0.15) is 42.6 Å². The quantitative estimate of drug-likeness (QED) is 0.136. The molecule has 1 atom stereocenters. The maximum Gasteiger partial charge on any atom is 0.521 e. The number of rotatable bonds is 7. The van der Waals surface area contributed by atoms with Gasteiger partial charge in [-0.1, -0.05) is 78.0 Å². The molecule has 0 saturated heterocycles. The van der Waals surface area contributed by atoms with Gasteiger partial charge in [-0.05, 0) is 72.5 Å². The van der Waals surface area contributed by atoms with Crippen molar-refractivity contribution in [2.75, 3.05) is 0 Å². The van der Waals surface area contributed by atoms with Gasteiger partial charge in [0.25, 0.3) is 0 Å². The highest BCUT2D eigenvalue weighted by molar-refractivity contribution is 8.00. The average Bonchev–Trinajstić information content (AvgIpc) is 3.70. The second kappa shape index (κ2) is 10.2. The van der Waals surface area contributed by atoms with Gasteiger partial charge in [0, 0.05) is 17.3 Å². The first-order valence-electron chi connectivity index (χ1n) is 13.6. The number of hydrogen-bond acceptors (Lipinski definition) is 7. The topological polar surface area (TPSA) is 87.5 Å². The van der Waals surface area contributed by atoms with E-state index in [2.05, 4.69) is 34.9 Å². The van der Waals surface area contributed by atoms with Gasteiger partial charge in [0.1, 0.15) is 4.75 Å². The zero-order chi connectivity index (χ0) is 29.0. The molecule has 210 valence electrons. The van der Waals surface area contributed by atoms with Crippen molar-refractivity contribution in [1.82, 2.24) is 9.55 Å². The van der Waals surface area contributed by atoms with E-state index >= 15 is 0 Å². The standard InChI is InChI=1S/C33H25ClN2O5S/c1-19-29(41-32(38)39-19)40-30(37)33(2,21-13-15-22(34)16-14-21)42-31-35-26-9-5-6-10-28(26)36(31)27-18-17-23(20-11-12-20)24-7-3-4-8-25(24)27/h3-10,13-18,20H,11-12H2,1-2H3. The number of aromatic nitrogens is 2. The summed E-state index contributed by atoms with van der Waals surface area (Å²) >= 11 is 7.46. The molecule has 1 aliphatic rings. The molecule has 1 unspecified atom stereocenters. The van der Waals surface area contributed by atoms with E-state index in [0.717, 1.165) is 22.1 Å². The third-order valence-electron chi connectivity index (χ3n) is 7.69. The van der Waals surface area contributed by atoms with E-state index in [9.17, 15) is 9.59 Å². The molecule has 0 amide bonds. The van der Waals surface area contributed by atoms with Gasteiger partial charge in [0.2, 0.25) is 0 Å². The lowest BCUT2D eigenvalue weighted by molar-refractivity contribution is -0.138. The van der Waals surface area contributed by atoms with Crippen LogP contribution in [0, 0.1) is 6.92 Å². The molecule has 0 N–H and O–H groups in total. The van der Waals surface area contributed by atoms with Crippen LogP contribution >= 0.6 is 23.4 Å². The summed E-state index contributed by atoms with van der Waals surface area (Å²) in [5, 5.41) is 3.46. The van der Waals surface area contributed by atoms with Crippen molar-refractivity contribution in [1.29, 1.82) is 0 Å². The number of thioether (sulfide) groups is 1. The molecule has 2 heterocycles. The maximum atomic E-state index is 14.0. The largest absolute Gasteiger partial charge is 0.521 e. The number of carbonyl (C=O) groups is 1. The van der Waals surface area contributed by atoms with Crippen LogP contribution in [0.15, 0.2) is 104 Å². The molecule has 1 aliphatic carbocycles. The Bertz CT molecular complexity index is 2040. The molecular weight excluding hydrogens is 572 g/mol. The number of hydrogen-bond donors (Lipinski definition) is 0. The van der Waals surface area contributed by atoms with E-state index < -0.39 is 16.5 Å². The Morgan fingerprint density at radius 2 is 1.69 bits per heavy atom. The molecule has 0 radical (unpaired) electrons. The van der Waals surface area contributed by atoms with Crippen LogP contribution < -0.4 is 10.6 Å². The molecule has 7 rings (SSSR count). The van der Waals surface area contributed by atoms with E-state index in [0.29, 0.717) is 21.7 Å². The van der Waals surface area contributed by atoms with E-state index in [1.807, 2.05) is 30.3 Å². The number of carbonyl (C=O) groups excluding carboxylic acids is 1. The van der Waals surface area contributed by atoms with Gasteiger partial charge in [-0.25, -0.2) is 14.6 Å². The number of aryl methyl sites for hydroxylation is 1. The van der Waals surface area contributed by atoms with Crippen LogP contribution in [0.4, 0.5) is 0 Å². The Balaban J connectivity index is 1.41. The van der Waals surface area contributed by atoms with Gasteiger partial charge in [-0.2, -0.15) is 0 Å². The minimum absolute atomic E-state index is 0.0752. The summed E-state index contributed by atoms with van der Waals surface area (Å²) in [5.41, 5.74) is 4.67. The summed E-state index contributed by atoms with van der Waals surface area (Å²) in [4.78, 5) is 30.6. The summed E-state index contributed by atoms with van der Waals surface area (Å²) in [5.74, 6) is -1.21. The average molecular weight is 597 g/mol. The van der Waals surface area contributed by atoms with Crippen LogP contribution in [0.25, 0.3) is 27.5 Å². The van der Waals surface area contributed by atoms with Gasteiger partial charge in [-0.15, -0.1) is 0 Å². The number of ether oxygens (including phenoxy) is 1. The lowest BCUT2D eigenvalue weighted by Gasteiger charge is -2.27. The number of esters is 1. The third-order valence-corrected chi connectivity index (χ3v) is 9.21. The number of benzene rings is 4. The molecule has 0 bridgehead atoms. The predicted octanol–water partition coefficient (Wildman–Crippen LogP) is 8.18. The van der Waals surface area contributed by atoms with E-state index in [1.165, 1.54) is 42.5 Å². The highest BCUT2D eigenvalue weighted by atomic mass is 35.5.